The second-order valence-electron chi connectivity index (χ2n) is 3.17. The largest absolute Gasteiger partial charge is 0.309 e. The second-order valence-corrected chi connectivity index (χ2v) is 3.17. The maximum Gasteiger partial charge on any atom is 0.149 e. The molecular formula is C9H10F2N2. The average Bonchev–Trinajstić information content (AvgIpc) is 2.56. The first kappa shape index (κ1) is 8.56. The molecule has 13 heavy (non-hydrogen) atoms. The third-order valence-electron chi connectivity index (χ3n) is 2.23. The van der Waals surface area contributed by atoms with Crippen LogP contribution in [0.4, 0.5) is 8.78 Å². The number of hydrogen-bond acceptors (Lipinski definition) is 2. The van der Waals surface area contributed by atoms with E-state index >= 15 is 0 Å². The number of nitrogens with zero attached hydrogens (tertiary/aromatic N) is 1. The normalized spacial score (nSPS) is 22.2. The molecule has 1 aliphatic heterocycles. The Kier molecular flexibility index (Phi) is 2.22. The van der Waals surface area contributed by atoms with E-state index < -0.39 is 11.6 Å². The lowest BCUT2D eigenvalue weighted by Gasteiger charge is -2.09. The third-order valence-corrected chi connectivity index (χ3v) is 2.23. The van der Waals surface area contributed by atoms with Crippen LogP contribution in [0.1, 0.15) is 24.6 Å². The summed E-state index contributed by atoms with van der Waals surface area (Å²) in [5, 5.41) is 3.11. The summed E-state index contributed by atoms with van der Waals surface area (Å²) in [5.74, 6) is -1.18. The van der Waals surface area contributed by atoms with E-state index in [1.807, 2.05) is 0 Å². The number of pyridine rings is 1. The van der Waals surface area contributed by atoms with Crippen LogP contribution in [0.2, 0.25) is 0 Å². The lowest BCUT2D eigenvalue weighted by atomic mass is 10.1. The summed E-state index contributed by atoms with van der Waals surface area (Å²) in [7, 11) is 0. The number of halogens is 2. The molecular weight excluding hydrogens is 174 g/mol. The number of rotatable bonds is 1. The fourth-order valence-electron chi connectivity index (χ4n) is 1.60. The molecule has 0 spiro atoms. The lowest BCUT2D eigenvalue weighted by molar-refractivity contribution is 0.520. The first-order valence-electron chi connectivity index (χ1n) is 4.31. The molecule has 1 aliphatic rings. The van der Waals surface area contributed by atoms with Gasteiger partial charge in [0.25, 0.3) is 0 Å². The van der Waals surface area contributed by atoms with Crippen LogP contribution in [0.3, 0.4) is 0 Å². The van der Waals surface area contributed by atoms with Gasteiger partial charge in [-0.15, -0.1) is 0 Å². The fraction of sp³-hybridized carbons (Fsp3) is 0.444. The Morgan fingerprint density at radius 2 is 2.31 bits per heavy atom. The minimum absolute atomic E-state index is 0.0411. The Balaban J connectivity index is 2.29. The van der Waals surface area contributed by atoms with Gasteiger partial charge in [0.2, 0.25) is 0 Å². The highest BCUT2D eigenvalue weighted by Crippen LogP contribution is 2.23. The van der Waals surface area contributed by atoms with Crippen molar-refractivity contribution < 1.29 is 8.78 Å². The van der Waals surface area contributed by atoms with Crippen molar-refractivity contribution in [2.45, 2.75) is 18.9 Å². The van der Waals surface area contributed by atoms with Crippen LogP contribution < -0.4 is 5.32 Å². The van der Waals surface area contributed by atoms with Crippen LogP contribution in [-0.4, -0.2) is 11.5 Å². The van der Waals surface area contributed by atoms with Gasteiger partial charge in [-0.05, 0) is 19.4 Å². The summed E-state index contributed by atoms with van der Waals surface area (Å²) in [5.41, 5.74) is 0.332. The molecule has 0 aliphatic carbocycles. The fourth-order valence-corrected chi connectivity index (χ4v) is 1.60. The number of aromatic nitrogens is 1. The minimum Gasteiger partial charge on any atom is -0.309 e. The quantitative estimate of drug-likeness (QED) is 0.719. The SMILES string of the molecule is Fc1cnc([C@@H]2CCCN2)c(F)c1. The van der Waals surface area contributed by atoms with Crippen molar-refractivity contribution >= 4 is 0 Å². The minimum atomic E-state index is -0.626. The van der Waals surface area contributed by atoms with E-state index in [4.69, 9.17) is 0 Å². The van der Waals surface area contributed by atoms with Crippen LogP contribution >= 0.6 is 0 Å². The van der Waals surface area contributed by atoms with Crippen molar-refractivity contribution in [2.75, 3.05) is 6.54 Å². The molecule has 1 aromatic rings. The Bertz CT molecular complexity index is 308. The van der Waals surface area contributed by atoms with E-state index in [1.165, 1.54) is 0 Å². The smallest absolute Gasteiger partial charge is 0.149 e. The van der Waals surface area contributed by atoms with Gasteiger partial charge < -0.3 is 5.32 Å². The Morgan fingerprint density at radius 1 is 1.46 bits per heavy atom. The third kappa shape index (κ3) is 1.67. The molecule has 1 atom stereocenters. The maximum atomic E-state index is 13.2. The zero-order valence-corrected chi connectivity index (χ0v) is 7.06. The molecule has 0 bridgehead atoms. The molecule has 2 heterocycles. The molecule has 2 nitrogen and oxygen atoms in total. The summed E-state index contributed by atoms with van der Waals surface area (Å²) >= 11 is 0. The van der Waals surface area contributed by atoms with Gasteiger partial charge in [0.1, 0.15) is 11.6 Å². The predicted octanol–water partition coefficient (Wildman–Crippen LogP) is 1.78. The first-order valence-corrected chi connectivity index (χ1v) is 4.31. The van der Waals surface area contributed by atoms with Crippen LogP contribution in [0.25, 0.3) is 0 Å². The average molecular weight is 184 g/mol. The van der Waals surface area contributed by atoms with Gasteiger partial charge in [-0.2, -0.15) is 0 Å². The van der Waals surface area contributed by atoms with E-state index in [1.54, 1.807) is 0 Å². The van der Waals surface area contributed by atoms with Gasteiger partial charge in [0.05, 0.1) is 17.9 Å². The molecule has 2 rings (SSSR count). The van der Waals surface area contributed by atoms with E-state index in [2.05, 4.69) is 10.3 Å². The lowest BCUT2D eigenvalue weighted by Crippen LogP contribution is -2.15. The van der Waals surface area contributed by atoms with Gasteiger partial charge in [-0.25, -0.2) is 8.78 Å². The molecule has 1 fully saturated rings. The summed E-state index contributed by atoms with van der Waals surface area (Å²) < 4.78 is 25.7. The van der Waals surface area contributed by atoms with Crippen molar-refractivity contribution in [1.82, 2.24) is 10.3 Å². The molecule has 0 aromatic carbocycles. The topological polar surface area (TPSA) is 24.9 Å². The Hall–Kier alpha value is -1.03. The maximum absolute atomic E-state index is 13.2. The first-order chi connectivity index (χ1) is 6.27. The standard InChI is InChI=1S/C9H10F2N2/c10-6-4-7(11)9(13-5-6)8-2-1-3-12-8/h4-5,8,12H,1-3H2/t8-/m0/s1. The van der Waals surface area contributed by atoms with Gasteiger partial charge >= 0.3 is 0 Å². The number of nitrogens with one attached hydrogen (secondary N) is 1. The molecule has 1 N–H and O–H groups in total. The second kappa shape index (κ2) is 3.38. The molecule has 0 saturated carbocycles. The van der Waals surface area contributed by atoms with E-state index in [0.717, 1.165) is 31.6 Å². The van der Waals surface area contributed by atoms with Crippen molar-refractivity contribution in [1.29, 1.82) is 0 Å². The van der Waals surface area contributed by atoms with Crippen molar-refractivity contribution in [2.24, 2.45) is 0 Å². The van der Waals surface area contributed by atoms with E-state index in [-0.39, 0.29) is 6.04 Å². The summed E-state index contributed by atoms with van der Waals surface area (Å²) in [6, 6.07) is 0.836. The monoisotopic (exact) mass is 184 g/mol. The molecule has 4 heteroatoms. The van der Waals surface area contributed by atoms with Gasteiger partial charge in [-0.1, -0.05) is 0 Å². The Labute approximate surface area is 75.0 Å². The van der Waals surface area contributed by atoms with Crippen LogP contribution in [0.15, 0.2) is 12.3 Å². The van der Waals surface area contributed by atoms with Crippen molar-refractivity contribution in [3.8, 4) is 0 Å². The summed E-state index contributed by atoms with van der Waals surface area (Å²) in [6.45, 7) is 0.878. The highest BCUT2D eigenvalue weighted by atomic mass is 19.1. The molecule has 1 aromatic heterocycles. The van der Waals surface area contributed by atoms with Crippen LogP contribution in [-0.2, 0) is 0 Å². The van der Waals surface area contributed by atoms with Crippen LogP contribution in [0, 0.1) is 11.6 Å². The predicted molar refractivity (Wildman–Crippen MR) is 44.1 cm³/mol. The molecule has 0 radical (unpaired) electrons. The van der Waals surface area contributed by atoms with Crippen molar-refractivity contribution in [3.63, 3.8) is 0 Å². The number of hydrogen-bond donors (Lipinski definition) is 1. The molecule has 0 unspecified atom stereocenters. The van der Waals surface area contributed by atoms with E-state index in [0.29, 0.717) is 5.69 Å². The molecule has 0 amide bonds. The van der Waals surface area contributed by atoms with Gasteiger partial charge in [0, 0.05) is 6.07 Å². The van der Waals surface area contributed by atoms with Crippen LogP contribution in [0.5, 0.6) is 0 Å². The van der Waals surface area contributed by atoms with E-state index in [9.17, 15) is 8.78 Å². The molecule has 70 valence electrons. The van der Waals surface area contributed by atoms with Gasteiger partial charge in [-0.3, -0.25) is 4.98 Å². The van der Waals surface area contributed by atoms with Crippen molar-refractivity contribution in [3.05, 3.63) is 29.6 Å². The molecule has 1 saturated heterocycles. The highest BCUT2D eigenvalue weighted by Gasteiger charge is 2.20. The summed E-state index contributed by atoms with van der Waals surface area (Å²) in [4.78, 5) is 3.75. The van der Waals surface area contributed by atoms with Gasteiger partial charge in [0.15, 0.2) is 0 Å². The zero-order chi connectivity index (χ0) is 9.26. The zero-order valence-electron chi connectivity index (χ0n) is 7.06. The Morgan fingerprint density at radius 3 is 2.92 bits per heavy atom. The highest BCUT2D eigenvalue weighted by molar-refractivity contribution is 5.13. The summed E-state index contributed by atoms with van der Waals surface area (Å²) in [6.07, 6.45) is 2.94.